The van der Waals surface area contributed by atoms with Crippen molar-refractivity contribution in [2.24, 2.45) is 0 Å². The van der Waals surface area contributed by atoms with Crippen LogP contribution in [0.2, 0.25) is 10.0 Å². The molecule has 1 aromatic heterocycles. The summed E-state index contributed by atoms with van der Waals surface area (Å²) in [6.45, 7) is 0.400. The lowest BCUT2D eigenvalue weighted by Gasteiger charge is -2.07. The third kappa shape index (κ3) is 2.93. The van der Waals surface area contributed by atoms with Crippen molar-refractivity contribution in [3.63, 3.8) is 0 Å². The number of fused-ring (bicyclic) bond motifs is 1. The van der Waals surface area contributed by atoms with Gasteiger partial charge in [0.1, 0.15) is 5.52 Å². The number of amides is 1. The molecule has 6 heteroatoms. The zero-order valence-corrected chi connectivity index (χ0v) is 13.0. The summed E-state index contributed by atoms with van der Waals surface area (Å²) in [6.07, 6.45) is 0.538. The van der Waals surface area contributed by atoms with E-state index in [1.165, 1.54) is 0 Å². The van der Waals surface area contributed by atoms with Crippen molar-refractivity contribution in [3.8, 4) is 0 Å². The molecule has 112 valence electrons. The molecule has 1 heterocycles. The lowest BCUT2D eigenvalue weighted by molar-refractivity contribution is 0.0920. The van der Waals surface area contributed by atoms with Crippen LogP contribution in [0.15, 0.2) is 47.0 Å². The van der Waals surface area contributed by atoms with E-state index in [-0.39, 0.29) is 11.7 Å². The van der Waals surface area contributed by atoms with E-state index in [0.29, 0.717) is 33.9 Å². The predicted molar refractivity (Wildman–Crippen MR) is 86.5 cm³/mol. The SMILES string of the molecule is O=C(NCCc1c(Cl)cccc1Cl)c1onc2ccccc12. The average Bonchev–Trinajstić information content (AvgIpc) is 2.94. The van der Waals surface area contributed by atoms with Crippen molar-refractivity contribution in [1.29, 1.82) is 0 Å². The first-order chi connectivity index (χ1) is 10.7. The normalized spacial score (nSPS) is 10.8. The summed E-state index contributed by atoms with van der Waals surface area (Å²) in [4.78, 5) is 12.2. The number of carbonyl (C=O) groups is 1. The fourth-order valence-electron chi connectivity index (χ4n) is 2.21. The van der Waals surface area contributed by atoms with Gasteiger partial charge in [0.05, 0.1) is 5.39 Å². The van der Waals surface area contributed by atoms with E-state index < -0.39 is 0 Å². The van der Waals surface area contributed by atoms with Gasteiger partial charge in [-0.25, -0.2) is 0 Å². The van der Waals surface area contributed by atoms with Crippen LogP contribution in [0.4, 0.5) is 0 Å². The first-order valence-electron chi connectivity index (χ1n) is 6.72. The molecule has 22 heavy (non-hydrogen) atoms. The van der Waals surface area contributed by atoms with Crippen LogP contribution in [-0.2, 0) is 6.42 Å². The van der Waals surface area contributed by atoms with E-state index >= 15 is 0 Å². The molecule has 2 aromatic carbocycles. The van der Waals surface area contributed by atoms with Crippen molar-refractivity contribution in [3.05, 3.63) is 63.8 Å². The number of rotatable bonds is 4. The molecule has 3 rings (SSSR count). The zero-order chi connectivity index (χ0) is 15.5. The number of hydrogen-bond acceptors (Lipinski definition) is 3. The third-order valence-electron chi connectivity index (χ3n) is 3.31. The highest BCUT2D eigenvalue weighted by atomic mass is 35.5. The molecule has 4 nitrogen and oxygen atoms in total. The number of aromatic nitrogens is 1. The Balaban J connectivity index is 1.68. The van der Waals surface area contributed by atoms with Gasteiger partial charge < -0.3 is 9.84 Å². The van der Waals surface area contributed by atoms with Gasteiger partial charge in [-0.2, -0.15) is 0 Å². The maximum absolute atomic E-state index is 12.2. The molecule has 0 aliphatic rings. The number of carbonyl (C=O) groups excluding carboxylic acids is 1. The molecular weight excluding hydrogens is 323 g/mol. The minimum Gasteiger partial charge on any atom is -0.350 e. The van der Waals surface area contributed by atoms with E-state index in [0.717, 1.165) is 5.56 Å². The number of nitrogens with one attached hydrogen (secondary N) is 1. The molecule has 0 saturated carbocycles. The summed E-state index contributed by atoms with van der Waals surface area (Å²) >= 11 is 12.2. The van der Waals surface area contributed by atoms with Crippen molar-refractivity contribution in [1.82, 2.24) is 10.5 Å². The molecule has 0 saturated heterocycles. The first-order valence-corrected chi connectivity index (χ1v) is 7.48. The highest BCUT2D eigenvalue weighted by Crippen LogP contribution is 2.24. The minimum absolute atomic E-state index is 0.209. The molecule has 0 unspecified atom stereocenters. The standard InChI is InChI=1S/C16H12Cl2N2O2/c17-12-5-3-6-13(18)10(12)8-9-19-16(21)15-11-4-1-2-7-14(11)20-22-15/h1-7H,8-9H2,(H,19,21). The second kappa shape index (κ2) is 6.38. The molecule has 0 spiro atoms. The average molecular weight is 335 g/mol. The summed E-state index contributed by atoms with van der Waals surface area (Å²) < 4.78 is 5.11. The Morgan fingerprint density at radius 2 is 1.82 bits per heavy atom. The Labute approximate surface area is 137 Å². The molecule has 3 aromatic rings. The van der Waals surface area contributed by atoms with E-state index in [1.54, 1.807) is 30.3 Å². The Kier molecular flexibility index (Phi) is 4.32. The Hall–Kier alpha value is -2.04. The van der Waals surface area contributed by atoms with E-state index in [9.17, 15) is 4.79 Å². The van der Waals surface area contributed by atoms with Crippen LogP contribution in [0.1, 0.15) is 16.1 Å². The number of benzene rings is 2. The van der Waals surface area contributed by atoms with Crippen LogP contribution < -0.4 is 5.32 Å². The second-order valence-corrected chi connectivity index (χ2v) is 5.55. The number of halogens is 2. The van der Waals surface area contributed by atoms with Gasteiger partial charge in [0, 0.05) is 16.6 Å². The predicted octanol–water partition coefficient (Wildman–Crippen LogP) is 4.11. The number of hydrogen-bond donors (Lipinski definition) is 1. The summed E-state index contributed by atoms with van der Waals surface area (Å²) in [5, 5.41) is 8.52. The molecule has 1 amide bonds. The van der Waals surface area contributed by atoms with Gasteiger partial charge in [-0.15, -0.1) is 0 Å². The van der Waals surface area contributed by atoms with Gasteiger partial charge in [0.25, 0.3) is 5.91 Å². The van der Waals surface area contributed by atoms with Crippen LogP contribution in [-0.4, -0.2) is 17.6 Å². The fourth-order valence-corrected chi connectivity index (χ4v) is 2.79. The lowest BCUT2D eigenvalue weighted by Crippen LogP contribution is -2.25. The van der Waals surface area contributed by atoms with Gasteiger partial charge in [0.2, 0.25) is 5.76 Å². The molecule has 0 radical (unpaired) electrons. The molecule has 0 fully saturated rings. The topological polar surface area (TPSA) is 55.1 Å². The van der Waals surface area contributed by atoms with Crippen LogP contribution in [0, 0.1) is 0 Å². The third-order valence-corrected chi connectivity index (χ3v) is 4.02. The van der Waals surface area contributed by atoms with Crippen molar-refractivity contribution in [2.45, 2.75) is 6.42 Å². The van der Waals surface area contributed by atoms with Crippen molar-refractivity contribution >= 4 is 40.0 Å². The molecule has 0 aliphatic heterocycles. The number of nitrogens with zero attached hydrogens (tertiary/aromatic N) is 1. The molecular formula is C16H12Cl2N2O2. The molecule has 0 atom stereocenters. The van der Waals surface area contributed by atoms with Gasteiger partial charge in [-0.3, -0.25) is 4.79 Å². The smallest absolute Gasteiger partial charge is 0.290 e. The Morgan fingerprint density at radius 3 is 2.59 bits per heavy atom. The summed E-state index contributed by atoms with van der Waals surface area (Å²) in [5.74, 6) is -0.0993. The van der Waals surface area contributed by atoms with Gasteiger partial charge in [0.15, 0.2) is 0 Å². The first kappa shape index (κ1) is 14.9. The Bertz CT molecular complexity index is 810. The second-order valence-electron chi connectivity index (χ2n) is 4.73. The quantitative estimate of drug-likeness (QED) is 0.781. The molecule has 1 N–H and O–H groups in total. The van der Waals surface area contributed by atoms with Gasteiger partial charge in [-0.1, -0.05) is 46.6 Å². The van der Waals surface area contributed by atoms with E-state index in [1.807, 2.05) is 12.1 Å². The fraction of sp³-hybridized carbons (Fsp3) is 0.125. The van der Waals surface area contributed by atoms with Crippen molar-refractivity contribution in [2.75, 3.05) is 6.54 Å². The maximum atomic E-state index is 12.2. The van der Waals surface area contributed by atoms with Crippen LogP contribution >= 0.6 is 23.2 Å². The maximum Gasteiger partial charge on any atom is 0.290 e. The molecule has 0 aliphatic carbocycles. The largest absolute Gasteiger partial charge is 0.350 e. The lowest BCUT2D eigenvalue weighted by atomic mass is 10.1. The minimum atomic E-state index is -0.308. The zero-order valence-electron chi connectivity index (χ0n) is 11.5. The van der Waals surface area contributed by atoms with Crippen molar-refractivity contribution < 1.29 is 9.32 Å². The highest BCUT2D eigenvalue weighted by Gasteiger charge is 2.16. The van der Waals surface area contributed by atoms with Gasteiger partial charge >= 0.3 is 0 Å². The summed E-state index contributed by atoms with van der Waals surface area (Å²) in [5.41, 5.74) is 1.47. The monoisotopic (exact) mass is 334 g/mol. The van der Waals surface area contributed by atoms with Crippen LogP contribution in [0.3, 0.4) is 0 Å². The Morgan fingerprint density at radius 1 is 1.09 bits per heavy atom. The van der Waals surface area contributed by atoms with E-state index in [4.69, 9.17) is 27.7 Å². The molecule has 0 bridgehead atoms. The highest BCUT2D eigenvalue weighted by molar-refractivity contribution is 6.36. The summed E-state index contributed by atoms with van der Waals surface area (Å²) in [7, 11) is 0. The van der Waals surface area contributed by atoms with E-state index in [2.05, 4.69) is 10.5 Å². The van der Waals surface area contributed by atoms with Crippen LogP contribution in [0.25, 0.3) is 10.9 Å². The van der Waals surface area contributed by atoms with Gasteiger partial charge in [-0.05, 0) is 36.2 Å². The van der Waals surface area contributed by atoms with Crippen LogP contribution in [0.5, 0.6) is 0 Å². The summed E-state index contributed by atoms with van der Waals surface area (Å²) in [6, 6.07) is 12.6.